The van der Waals surface area contributed by atoms with E-state index >= 15 is 0 Å². The zero-order valence-corrected chi connectivity index (χ0v) is 11.5. The van der Waals surface area contributed by atoms with Gasteiger partial charge in [-0.3, -0.25) is 0 Å². The fourth-order valence-electron chi connectivity index (χ4n) is 1.30. The minimum atomic E-state index is -1.54. The summed E-state index contributed by atoms with van der Waals surface area (Å²) >= 11 is 0. The molecule has 0 bridgehead atoms. The van der Waals surface area contributed by atoms with Gasteiger partial charge in [0.2, 0.25) is 8.32 Å². The number of ether oxygens (including phenoxy) is 1. The summed E-state index contributed by atoms with van der Waals surface area (Å²) in [5, 5.41) is 0. The lowest BCUT2D eigenvalue weighted by atomic mass is 10.1. The molecule has 0 atom stereocenters. The Morgan fingerprint density at radius 2 is 1.67 bits per heavy atom. The van der Waals surface area contributed by atoms with Crippen LogP contribution >= 0.6 is 0 Å². The average Bonchev–Trinajstić information content (AvgIpc) is 2.18. The average molecular weight is 226 g/mol. The van der Waals surface area contributed by atoms with Crippen LogP contribution in [0.2, 0.25) is 18.6 Å². The monoisotopic (exact) mass is 226 g/mol. The van der Waals surface area contributed by atoms with Gasteiger partial charge in [0.05, 0.1) is 18.6 Å². The Kier molecular flexibility index (Phi) is 4.02. The summed E-state index contributed by atoms with van der Waals surface area (Å²) in [4.78, 5) is 0. The third kappa shape index (κ3) is 3.41. The molecule has 0 saturated carbocycles. The number of hydrogen-bond donors (Lipinski definition) is 0. The lowest BCUT2D eigenvalue weighted by Gasteiger charge is -2.30. The molecule has 0 spiro atoms. The molecule has 0 unspecified atom stereocenters. The lowest BCUT2D eigenvalue weighted by molar-refractivity contribution is 0.276. The van der Waals surface area contributed by atoms with Crippen LogP contribution in [0.4, 0.5) is 0 Å². The predicted octanol–water partition coefficient (Wildman–Crippen LogP) is 3.83. The Hall–Kier alpha value is -0.703. The Labute approximate surface area is 94.1 Å². The summed E-state index contributed by atoms with van der Waals surface area (Å²) in [5.41, 5.74) is 0.645. The van der Waals surface area contributed by atoms with Gasteiger partial charge in [-0.15, -0.1) is 0 Å². The Morgan fingerprint density at radius 1 is 1.13 bits per heavy atom. The Bertz CT molecular complexity index is 277. The van der Waals surface area contributed by atoms with Crippen LogP contribution in [0.15, 0.2) is 23.7 Å². The smallest absolute Gasteiger partial charge is 0.247 e. The van der Waals surface area contributed by atoms with Gasteiger partial charge < -0.3 is 9.16 Å². The van der Waals surface area contributed by atoms with E-state index < -0.39 is 8.32 Å². The first-order valence-corrected chi connectivity index (χ1v) is 8.55. The summed E-state index contributed by atoms with van der Waals surface area (Å²) < 4.78 is 11.3. The quantitative estimate of drug-likeness (QED) is 0.678. The van der Waals surface area contributed by atoms with Gasteiger partial charge in [-0.05, 0) is 30.8 Å². The van der Waals surface area contributed by atoms with E-state index in [-0.39, 0.29) is 0 Å². The molecule has 2 nitrogen and oxygen atoms in total. The van der Waals surface area contributed by atoms with Crippen molar-refractivity contribution in [1.82, 2.24) is 0 Å². The summed E-state index contributed by atoms with van der Waals surface area (Å²) in [6.07, 6.45) is 6.01. The molecular weight excluding hydrogens is 204 g/mol. The molecule has 0 saturated heterocycles. The van der Waals surface area contributed by atoms with Gasteiger partial charge in [-0.1, -0.05) is 13.8 Å². The minimum Gasteiger partial charge on any atom is -0.547 e. The van der Waals surface area contributed by atoms with Gasteiger partial charge in [0.1, 0.15) is 0 Å². The van der Waals surface area contributed by atoms with Gasteiger partial charge in [0.25, 0.3) is 0 Å². The summed E-state index contributed by atoms with van der Waals surface area (Å²) in [6.45, 7) is 9.03. The van der Waals surface area contributed by atoms with Crippen molar-refractivity contribution in [3.8, 4) is 0 Å². The predicted molar refractivity (Wildman–Crippen MR) is 66.1 cm³/mol. The Morgan fingerprint density at radius 3 is 2.07 bits per heavy atom. The van der Waals surface area contributed by atoms with E-state index in [1.165, 1.54) is 0 Å². The van der Waals surface area contributed by atoms with E-state index in [9.17, 15) is 0 Å². The molecule has 0 N–H and O–H groups in total. The largest absolute Gasteiger partial charge is 0.547 e. The van der Waals surface area contributed by atoms with Crippen LogP contribution in [0, 0.1) is 0 Å². The van der Waals surface area contributed by atoms with Crippen LogP contribution in [0.3, 0.4) is 0 Å². The van der Waals surface area contributed by atoms with Crippen molar-refractivity contribution < 1.29 is 9.16 Å². The highest BCUT2D eigenvalue weighted by atomic mass is 28.4. The molecule has 0 radical (unpaired) electrons. The maximum absolute atomic E-state index is 6.13. The highest BCUT2D eigenvalue weighted by molar-refractivity contribution is 6.72. The molecule has 0 amide bonds. The van der Waals surface area contributed by atoms with Gasteiger partial charge in [-0.25, -0.2) is 0 Å². The standard InChI is InChI=1S/C12H22O2Si/c1-10(2)15(4,5)14-12-8-6-11(13-3)7-9-12/h6,9-10H,7-8H2,1-5H3. The first-order valence-electron chi connectivity index (χ1n) is 5.56. The van der Waals surface area contributed by atoms with E-state index in [2.05, 4.69) is 39.1 Å². The molecule has 3 heteroatoms. The van der Waals surface area contributed by atoms with Crippen molar-refractivity contribution >= 4 is 8.32 Å². The van der Waals surface area contributed by atoms with Gasteiger partial charge in [-0.2, -0.15) is 0 Å². The highest BCUT2D eigenvalue weighted by Crippen LogP contribution is 2.28. The van der Waals surface area contributed by atoms with Crippen molar-refractivity contribution in [1.29, 1.82) is 0 Å². The minimum absolute atomic E-state index is 0.645. The SMILES string of the molecule is COC1=CCC(O[Si](C)(C)C(C)C)=CC1. The topological polar surface area (TPSA) is 18.5 Å². The van der Waals surface area contributed by atoms with E-state index in [1.54, 1.807) is 7.11 Å². The molecule has 0 aliphatic heterocycles. The van der Waals surface area contributed by atoms with E-state index in [0.717, 1.165) is 24.4 Å². The van der Waals surface area contributed by atoms with Crippen molar-refractivity contribution in [2.75, 3.05) is 7.11 Å². The molecule has 1 rings (SSSR count). The van der Waals surface area contributed by atoms with Crippen molar-refractivity contribution in [3.63, 3.8) is 0 Å². The Balaban J connectivity index is 2.53. The molecular formula is C12H22O2Si. The van der Waals surface area contributed by atoms with Crippen molar-refractivity contribution in [3.05, 3.63) is 23.7 Å². The second-order valence-electron chi connectivity index (χ2n) is 4.81. The third-order valence-corrected chi connectivity index (χ3v) is 6.68. The molecule has 0 fully saturated rings. The van der Waals surface area contributed by atoms with Crippen molar-refractivity contribution in [2.24, 2.45) is 0 Å². The highest BCUT2D eigenvalue weighted by Gasteiger charge is 2.29. The van der Waals surface area contributed by atoms with Crippen LogP contribution in [0.1, 0.15) is 26.7 Å². The zero-order valence-electron chi connectivity index (χ0n) is 10.5. The molecule has 1 aliphatic rings. The maximum Gasteiger partial charge on any atom is 0.247 e. The second-order valence-corrected chi connectivity index (χ2v) is 9.38. The summed E-state index contributed by atoms with van der Waals surface area (Å²) in [7, 11) is 0.182. The van der Waals surface area contributed by atoms with Crippen LogP contribution in [-0.4, -0.2) is 15.4 Å². The molecule has 0 heterocycles. The molecule has 0 aromatic rings. The summed E-state index contributed by atoms with van der Waals surface area (Å²) in [6, 6.07) is 0. The first kappa shape index (κ1) is 12.4. The van der Waals surface area contributed by atoms with Crippen LogP contribution < -0.4 is 0 Å². The second kappa shape index (κ2) is 4.88. The van der Waals surface area contributed by atoms with E-state index in [4.69, 9.17) is 9.16 Å². The molecule has 86 valence electrons. The molecule has 1 aliphatic carbocycles. The number of methoxy groups -OCH3 is 1. The zero-order chi connectivity index (χ0) is 11.5. The van der Waals surface area contributed by atoms with Gasteiger partial charge >= 0.3 is 0 Å². The van der Waals surface area contributed by atoms with Gasteiger partial charge in [0.15, 0.2) is 0 Å². The third-order valence-electron chi connectivity index (χ3n) is 3.11. The van der Waals surface area contributed by atoms with E-state index in [0.29, 0.717) is 5.54 Å². The lowest BCUT2D eigenvalue weighted by Crippen LogP contribution is -2.33. The fraction of sp³-hybridized carbons (Fsp3) is 0.667. The molecule has 0 aromatic heterocycles. The molecule has 15 heavy (non-hydrogen) atoms. The van der Waals surface area contributed by atoms with Crippen LogP contribution in [0.5, 0.6) is 0 Å². The van der Waals surface area contributed by atoms with Crippen LogP contribution in [-0.2, 0) is 9.16 Å². The number of hydrogen-bond acceptors (Lipinski definition) is 2. The maximum atomic E-state index is 6.13. The first-order chi connectivity index (χ1) is 6.95. The number of allylic oxidation sites excluding steroid dienone is 2. The normalized spacial score (nSPS) is 17.2. The molecule has 0 aromatic carbocycles. The van der Waals surface area contributed by atoms with Crippen LogP contribution in [0.25, 0.3) is 0 Å². The van der Waals surface area contributed by atoms with E-state index in [1.807, 2.05) is 0 Å². The fourth-order valence-corrected chi connectivity index (χ4v) is 2.38. The number of rotatable bonds is 4. The summed E-state index contributed by atoms with van der Waals surface area (Å²) in [5.74, 6) is 2.17. The van der Waals surface area contributed by atoms with Gasteiger partial charge in [0, 0.05) is 12.8 Å². The van der Waals surface area contributed by atoms with Crippen molar-refractivity contribution in [2.45, 2.75) is 45.3 Å².